The molecule has 74 valence electrons. The van der Waals surface area contributed by atoms with Gasteiger partial charge in [-0.05, 0) is 23.9 Å². The standard InChI is InChI=1S/C9H9NO3S/c1-6-4-5-14-9(6)10-7(11)2-3-8(12)13/h2-5H,1H3,(H,10,11)(H,12,13)/b3-2+. The van der Waals surface area contributed by atoms with Crippen LogP contribution < -0.4 is 5.32 Å². The van der Waals surface area contributed by atoms with Crippen LogP contribution in [-0.2, 0) is 9.59 Å². The highest BCUT2D eigenvalue weighted by atomic mass is 32.1. The van der Waals surface area contributed by atoms with Crippen molar-refractivity contribution in [2.24, 2.45) is 0 Å². The van der Waals surface area contributed by atoms with E-state index in [0.29, 0.717) is 0 Å². The number of aliphatic carboxylic acids is 1. The van der Waals surface area contributed by atoms with Gasteiger partial charge in [0, 0.05) is 12.2 Å². The molecule has 0 fully saturated rings. The first kappa shape index (κ1) is 10.5. The summed E-state index contributed by atoms with van der Waals surface area (Å²) in [7, 11) is 0. The monoisotopic (exact) mass is 211 g/mol. The lowest BCUT2D eigenvalue weighted by Gasteiger charge is -1.98. The molecule has 0 atom stereocenters. The fourth-order valence-electron chi connectivity index (χ4n) is 0.801. The number of carbonyl (C=O) groups is 2. The number of carbonyl (C=O) groups excluding carboxylic acids is 1. The van der Waals surface area contributed by atoms with Crippen molar-refractivity contribution in [3.63, 3.8) is 0 Å². The van der Waals surface area contributed by atoms with E-state index >= 15 is 0 Å². The molecule has 0 spiro atoms. The largest absolute Gasteiger partial charge is 0.478 e. The maximum Gasteiger partial charge on any atom is 0.328 e. The number of aryl methyl sites for hydroxylation is 1. The molecule has 14 heavy (non-hydrogen) atoms. The number of nitrogens with one attached hydrogen (secondary N) is 1. The van der Waals surface area contributed by atoms with Crippen molar-refractivity contribution in [2.75, 3.05) is 5.32 Å². The number of anilines is 1. The van der Waals surface area contributed by atoms with Crippen LogP contribution in [0.1, 0.15) is 5.56 Å². The smallest absolute Gasteiger partial charge is 0.328 e. The average molecular weight is 211 g/mol. The van der Waals surface area contributed by atoms with Gasteiger partial charge < -0.3 is 10.4 Å². The van der Waals surface area contributed by atoms with E-state index in [2.05, 4.69) is 5.32 Å². The molecule has 0 saturated carbocycles. The summed E-state index contributed by atoms with van der Waals surface area (Å²) in [6, 6.07) is 1.88. The Morgan fingerprint density at radius 1 is 1.50 bits per heavy atom. The van der Waals surface area contributed by atoms with E-state index in [4.69, 9.17) is 5.11 Å². The summed E-state index contributed by atoms with van der Waals surface area (Å²) < 4.78 is 0. The molecular weight excluding hydrogens is 202 g/mol. The molecule has 0 aliphatic carbocycles. The van der Waals surface area contributed by atoms with E-state index < -0.39 is 11.9 Å². The fourth-order valence-corrected chi connectivity index (χ4v) is 1.62. The zero-order valence-corrected chi connectivity index (χ0v) is 8.30. The van der Waals surface area contributed by atoms with Crippen LogP contribution >= 0.6 is 11.3 Å². The second-order valence-corrected chi connectivity index (χ2v) is 3.51. The number of carboxylic acid groups (broad SMARTS) is 1. The van der Waals surface area contributed by atoms with Crippen LogP contribution in [0.2, 0.25) is 0 Å². The first-order chi connectivity index (χ1) is 6.59. The quantitative estimate of drug-likeness (QED) is 0.747. The van der Waals surface area contributed by atoms with Crippen molar-refractivity contribution in [1.82, 2.24) is 0 Å². The van der Waals surface area contributed by atoms with Crippen LogP contribution in [0.4, 0.5) is 5.00 Å². The Morgan fingerprint density at radius 2 is 2.21 bits per heavy atom. The minimum Gasteiger partial charge on any atom is -0.478 e. The normalized spacial score (nSPS) is 10.4. The summed E-state index contributed by atoms with van der Waals surface area (Å²) >= 11 is 1.40. The lowest BCUT2D eigenvalue weighted by Crippen LogP contribution is -2.08. The topological polar surface area (TPSA) is 66.4 Å². The average Bonchev–Trinajstić information content (AvgIpc) is 2.49. The number of thiophene rings is 1. The summed E-state index contributed by atoms with van der Waals surface area (Å²) in [5, 5.41) is 13.4. The molecule has 2 N–H and O–H groups in total. The van der Waals surface area contributed by atoms with E-state index in [1.165, 1.54) is 11.3 Å². The first-order valence-corrected chi connectivity index (χ1v) is 4.73. The van der Waals surface area contributed by atoms with E-state index in [1.807, 2.05) is 18.4 Å². The van der Waals surface area contributed by atoms with Crippen molar-refractivity contribution >= 4 is 28.2 Å². The first-order valence-electron chi connectivity index (χ1n) is 3.85. The van der Waals surface area contributed by atoms with Crippen LogP contribution in [-0.4, -0.2) is 17.0 Å². The number of rotatable bonds is 3. The highest BCUT2D eigenvalue weighted by Gasteiger charge is 2.02. The number of amides is 1. The van der Waals surface area contributed by atoms with Crippen LogP contribution in [0.5, 0.6) is 0 Å². The number of hydrogen-bond donors (Lipinski definition) is 2. The van der Waals surface area contributed by atoms with Gasteiger partial charge >= 0.3 is 5.97 Å². The van der Waals surface area contributed by atoms with Crippen molar-refractivity contribution in [2.45, 2.75) is 6.92 Å². The van der Waals surface area contributed by atoms with Crippen LogP contribution in [0.3, 0.4) is 0 Å². The highest BCUT2D eigenvalue weighted by molar-refractivity contribution is 7.14. The van der Waals surface area contributed by atoms with Gasteiger partial charge in [0.15, 0.2) is 0 Å². The van der Waals surface area contributed by atoms with Crippen molar-refractivity contribution in [1.29, 1.82) is 0 Å². The fraction of sp³-hybridized carbons (Fsp3) is 0.111. The van der Waals surface area contributed by atoms with Crippen LogP contribution in [0, 0.1) is 6.92 Å². The summed E-state index contributed by atoms with van der Waals surface area (Å²) in [5.41, 5.74) is 0.965. The van der Waals surface area contributed by atoms with E-state index in [-0.39, 0.29) is 0 Å². The van der Waals surface area contributed by atoms with Gasteiger partial charge in [-0.3, -0.25) is 4.79 Å². The van der Waals surface area contributed by atoms with Gasteiger partial charge in [0.2, 0.25) is 5.91 Å². The van der Waals surface area contributed by atoms with E-state index in [9.17, 15) is 9.59 Å². The molecule has 0 saturated heterocycles. The molecule has 5 heteroatoms. The minimum absolute atomic E-state index is 0.432. The van der Waals surface area contributed by atoms with Gasteiger partial charge in [-0.1, -0.05) is 0 Å². The molecule has 1 aromatic rings. The van der Waals surface area contributed by atoms with E-state index in [0.717, 1.165) is 22.7 Å². The van der Waals surface area contributed by atoms with Crippen LogP contribution in [0.25, 0.3) is 0 Å². The molecule has 0 aromatic carbocycles. The molecular formula is C9H9NO3S. The Labute approximate surface area is 84.9 Å². The van der Waals surface area contributed by atoms with Gasteiger partial charge in [-0.2, -0.15) is 0 Å². The van der Waals surface area contributed by atoms with Crippen molar-refractivity contribution in [3.05, 3.63) is 29.2 Å². The zero-order chi connectivity index (χ0) is 10.6. The third kappa shape index (κ3) is 3.02. The van der Waals surface area contributed by atoms with Gasteiger partial charge in [0.25, 0.3) is 0 Å². The van der Waals surface area contributed by atoms with Gasteiger partial charge in [-0.15, -0.1) is 11.3 Å². The number of carboxylic acids is 1. The Morgan fingerprint density at radius 3 is 2.71 bits per heavy atom. The van der Waals surface area contributed by atoms with E-state index in [1.54, 1.807) is 0 Å². The lowest BCUT2D eigenvalue weighted by atomic mass is 10.3. The Balaban J connectivity index is 2.58. The zero-order valence-electron chi connectivity index (χ0n) is 7.48. The Kier molecular flexibility index (Phi) is 3.41. The Hall–Kier alpha value is -1.62. The van der Waals surface area contributed by atoms with Crippen LogP contribution in [0.15, 0.2) is 23.6 Å². The summed E-state index contributed by atoms with van der Waals surface area (Å²) in [6.45, 7) is 1.87. The molecule has 0 radical (unpaired) electrons. The molecule has 1 rings (SSSR count). The molecule has 0 bridgehead atoms. The predicted octanol–water partition coefficient (Wildman–Crippen LogP) is 1.64. The second-order valence-electron chi connectivity index (χ2n) is 2.59. The van der Waals surface area contributed by atoms with Gasteiger partial charge in [0.05, 0.1) is 5.00 Å². The molecule has 1 heterocycles. The third-order valence-electron chi connectivity index (χ3n) is 1.48. The molecule has 1 aromatic heterocycles. The molecule has 0 aliphatic heterocycles. The SMILES string of the molecule is Cc1ccsc1NC(=O)/C=C/C(=O)O. The highest BCUT2D eigenvalue weighted by Crippen LogP contribution is 2.21. The Bertz CT molecular complexity index is 381. The molecule has 0 aliphatic rings. The summed E-state index contributed by atoms with van der Waals surface area (Å²) in [4.78, 5) is 21.2. The summed E-state index contributed by atoms with van der Waals surface area (Å²) in [6.07, 6.45) is 1.79. The third-order valence-corrected chi connectivity index (χ3v) is 2.41. The maximum absolute atomic E-state index is 11.1. The van der Waals surface area contributed by atoms with Gasteiger partial charge in [0.1, 0.15) is 0 Å². The van der Waals surface area contributed by atoms with Crippen molar-refractivity contribution < 1.29 is 14.7 Å². The van der Waals surface area contributed by atoms with Gasteiger partial charge in [-0.25, -0.2) is 4.79 Å². The predicted molar refractivity (Wildman–Crippen MR) is 54.5 cm³/mol. The minimum atomic E-state index is -1.14. The lowest BCUT2D eigenvalue weighted by molar-refractivity contribution is -0.131. The molecule has 0 unspecified atom stereocenters. The second kappa shape index (κ2) is 4.57. The maximum atomic E-state index is 11.1. The molecule has 4 nitrogen and oxygen atoms in total. The van der Waals surface area contributed by atoms with Crippen molar-refractivity contribution in [3.8, 4) is 0 Å². The molecule has 1 amide bonds. The number of hydrogen-bond acceptors (Lipinski definition) is 3. The summed E-state index contributed by atoms with van der Waals surface area (Å²) in [5.74, 6) is -1.57.